The highest BCUT2D eigenvalue weighted by molar-refractivity contribution is 7.52. The smallest absolute Gasteiger partial charge is 0.330 e. The van der Waals surface area contributed by atoms with E-state index in [2.05, 4.69) is 11.9 Å². The number of nitrogens with one attached hydrogen (secondary N) is 1. The van der Waals surface area contributed by atoms with Crippen molar-refractivity contribution >= 4 is 13.5 Å². The molecular weight excluding hydrogens is 193 g/mol. The lowest BCUT2D eigenvalue weighted by Crippen LogP contribution is -2.30. The van der Waals surface area contributed by atoms with E-state index in [0.29, 0.717) is 6.42 Å². The molecule has 0 rings (SSSR count). The Labute approximate surface area is 77.0 Å². The molecule has 0 saturated carbocycles. The first-order valence-corrected chi connectivity index (χ1v) is 5.55. The summed E-state index contributed by atoms with van der Waals surface area (Å²) in [6.07, 6.45) is 1.38. The van der Waals surface area contributed by atoms with Crippen molar-refractivity contribution in [3.8, 4) is 0 Å². The number of rotatable bonds is 5. The van der Waals surface area contributed by atoms with Crippen molar-refractivity contribution in [1.29, 1.82) is 0 Å². The van der Waals surface area contributed by atoms with Crippen LogP contribution in [-0.4, -0.2) is 27.9 Å². The summed E-state index contributed by atoms with van der Waals surface area (Å²) in [7, 11) is -4.09. The van der Waals surface area contributed by atoms with Crippen LogP contribution < -0.4 is 5.32 Å². The second-order valence-electron chi connectivity index (χ2n) is 2.60. The van der Waals surface area contributed by atoms with Crippen molar-refractivity contribution in [2.75, 3.05) is 6.54 Å². The monoisotopic (exact) mass is 207 g/mol. The Bertz CT molecular complexity index is 235. The average molecular weight is 207 g/mol. The van der Waals surface area contributed by atoms with Gasteiger partial charge in [-0.15, -0.1) is 0 Å². The minimum atomic E-state index is -4.09. The van der Waals surface area contributed by atoms with Gasteiger partial charge in [0.05, 0.1) is 5.66 Å². The maximum absolute atomic E-state index is 10.8. The number of hydrogen-bond acceptors (Lipinski definition) is 2. The van der Waals surface area contributed by atoms with Gasteiger partial charge in [-0.05, 0) is 12.5 Å². The molecule has 0 heterocycles. The highest BCUT2D eigenvalue weighted by atomic mass is 31.2. The molecule has 1 amide bonds. The summed E-state index contributed by atoms with van der Waals surface area (Å²) in [6.45, 7) is 4.85. The van der Waals surface area contributed by atoms with Gasteiger partial charge in [0.1, 0.15) is 0 Å². The van der Waals surface area contributed by atoms with E-state index in [-0.39, 0.29) is 6.54 Å². The van der Waals surface area contributed by atoms with Crippen LogP contribution in [0.2, 0.25) is 0 Å². The van der Waals surface area contributed by atoms with Crippen LogP contribution in [0.15, 0.2) is 12.7 Å². The molecule has 0 aliphatic rings. The third-order valence-electron chi connectivity index (χ3n) is 1.64. The summed E-state index contributed by atoms with van der Waals surface area (Å²) < 4.78 is 10.8. The average Bonchev–Trinajstić information content (AvgIpc) is 2.02. The largest absolute Gasteiger partial charge is 0.352 e. The molecule has 0 radical (unpaired) electrons. The summed E-state index contributed by atoms with van der Waals surface area (Å²) >= 11 is 0. The van der Waals surface area contributed by atoms with Gasteiger partial charge in [-0.2, -0.15) is 0 Å². The van der Waals surface area contributed by atoms with Crippen molar-refractivity contribution in [3.63, 3.8) is 0 Å². The van der Waals surface area contributed by atoms with E-state index < -0.39 is 19.2 Å². The van der Waals surface area contributed by atoms with E-state index in [1.807, 2.05) is 0 Å². The molecule has 3 N–H and O–H groups in total. The Hall–Kier alpha value is -0.640. The molecule has 5 nitrogen and oxygen atoms in total. The predicted octanol–water partition coefficient (Wildman–Crippen LogP) is 0.245. The zero-order valence-corrected chi connectivity index (χ0v) is 8.33. The maximum Gasteiger partial charge on any atom is 0.330 e. The van der Waals surface area contributed by atoms with Crippen LogP contribution in [0.5, 0.6) is 0 Å². The number of carbonyl (C=O) groups excluding carboxylic acids is 1. The van der Waals surface area contributed by atoms with Gasteiger partial charge in [0, 0.05) is 6.54 Å². The molecule has 0 fully saturated rings. The van der Waals surface area contributed by atoms with Gasteiger partial charge in [0.25, 0.3) is 0 Å². The Morgan fingerprint density at radius 1 is 1.69 bits per heavy atom. The second kappa shape index (κ2) is 5.17. The van der Waals surface area contributed by atoms with E-state index in [1.54, 1.807) is 6.92 Å². The molecule has 0 saturated heterocycles. The van der Waals surface area contributed by atoms with Crippen LogP contribution >= 0.6 is 7.60 Å². The number of carbonyl (C=O) groups is 1. The fourth-order valence-electron chi connectivity index (χ4n) is 0.792. The summed E-state index contributed by atoms with van der Waals surface area (Å²) in [5.41, 5.74) is -0.809. The molecule has 1 atom stereocenters. The SMILES string of the molecule is C=CC(=O)NCC(CC)P(=O)(O)O. The molecule has 0 bridgehead atoms. The second-order valence-corrected chi connectivity index (χ2v) is 4.51. The Kier molecular flexibility index (Phi) is 4.91. The summed E-state index contributed by atoms with van der Waals surface area (Å²) in [5.74, 6) is -0.424. The van der Waals surface area contributed by atoms with Crippen molar-refractivity contribution in [2.45, 2.75) is 19.0 Å². The van der Waals surface area contributed by atoms with Crippen LogP contribution in [-0.2, 0) is 9.36 Å². The topological polar surface area (TPSA) is 86.6 Å². The zero-order chi connectivity index (χ0) is 10.5. The van der Waals surface area contributed by atoms with E-state index in [4.69, 9.17) is 9.79 Å². The first-order valence-electron chi connectivity index (χ1n) is 3.87. The fourth-order valence-corrected chi connectivity index (χ4v) is 1.60. The van der Waals surface area contributed by atoms with Gasteiger partial charge < -0.3 is 15.1 Å². The van der Waals surface area contributed by atoms with Crippen molar-refractivity contribution in [3.05, 3.63) is 12.7 Å². The Morgan fingerprint density at radius 3 is 2.54 bits per heavy atom. The third-order valence-corrected chi connectivity index (χ3v) is 3.14. The standard InChI is InChI=1S/C7H14NO4P/c1-3-6(13(10,11)12)5-8-7(9)4-2/h4,6H,2-3,5H2,1H3,(H,8,9)(H2,10,11,12). The quantitative estimate of drug-likeness (QED) is 0.445. The fraction of sp³-hybridized carbons (Fsp3) is 0.571. The zero-order valence-electron chi connectivity index (χ0n) is 7.43. The van der Waals surface area contributed by atoms with E-state index in [1.165, 1.54) is 0 Å². The highest BCUT2D eigenvalue weighted by Crippen LogP contribution is 2.42. The van der Waals surface area contributed by atoms with Crippen LogP contribution in [0.3, 0.4) is 0 Å². The molecule has 0 aromatic heterocycles. The maximum atomic E-state index is 10.8. The Morgan fingerprint density at radius 2 is 2.23 bits per heavy atom. The van der Waals surface area contributed by atoms with E-state index in [9.17, 15) is 9.36 Å². The molecular formula is C7H14NO4P. The first kappa shape index (κ1) is 12.4. The Balaban J connectivity index is 4.08. The normalized spacial score (nSPS) is 13.5. The lowest BCUT2D eigenvalue weighted by atomic mass is 10.3. The van der Waals surface area contributed by atoms with Gasteiger partial charge >= 0.3 is 7.60 Å². The summed E-state index contributed by atoms with van der Waals surface area (Å²) in [6, 6.07) is 0. The summed E-state index contributed by atoms with van der Waals surface area (Å²) in [5, 5.41) is 2.34. The number of amides is 1. The van der Waals surface area contributed by atoms with E-state index in [0.717, 1.165) is 6.08 Å². The molecule has 0 aromatic carbocycles. The van der Waals surface area contributed by atoms with Crippen molar-refractivity contribution < 1.29 is 19.1 Å². The molecule has 0 spiro atoms. The van der Waals surface area contributed by atoms with Crippen molar-refractivity contribution in [1.82, 2.24) is 5.32 Å². The van der Waals surface area contributed by atoms with Gasteiger partial charge in [-0.25, -0.2) is 0 Å². The highest BCUT2D eigenvalue weighted by Gasteiger charge is 2.26. The van der Waals surface area contributed by atoms with Gasteiger partial charge in [0.15, 0.2) is 0 Å². The van der Waals surface area contributed by atoms with Gasteiger partial charge in [-0.1, -0.05) is 13.5 Å². The van der Waals surface area contributed by atoms with Crippen LogP contribution in [0.1, 0.15) is 13.3 Å². The van der Waals surface area contributed by atoms with Crippen LogP contribution in [0.25, 0.3) is 0 Å². The third kappa shape index (κ3) is 4.83. The number of hydrogen-bond donors (Lipinski definition) is 3. The molecule has 0 aliphatic carbocycles. The minimum Gasteiger partial charge on any atom is -0.352 e. The van der Waals surface area contributed by atoms with Gasteiger partial charge in [-0.3, -0.25) is 9.36 Å². The van der Waals surface area contributed by atoms with E-state index >= 15 is 0 Å². The molecule has 13 heavy (non-hydrogen) atoms. The molecule has 0 aliphatic heterocycles. The van der Waals surface area contributed by atoms with Crippen LogP contribution in [0, 0.1) is 0 Å². The predicted molar refractivity (Wildman–Crippen MR) is 49.3 cm³/mol. The molecule has 6 heteroatoms. The first-order chi connectivity index (χ1) is 5.91. The van der Waals surface area contributed by atoms with Crippen molar-refractivity contribution in [2.24, 2.45) is 0 Å². The van der Waals surface area contributed by atoms with Gasteiger partial charge in [0.2, 0.25) is 5.91 Å². The molecule has 76 valence electrons. The van der Waals surface area contributed by atoms with Crippen LogP contribution in [0.4, 0.5) is 0 Å². The summed E-state index contributed by atoms with van der Waals surface area (Å²) in [4.78, 5) is 28.3. The molecule has 0 aromatic rings. The molecule has 1 unspecified atom stereocenters. The lowest BCUT2D eigenvalue weighted by Gasteiger charge is -2.16. The minimum absolute atomic E-state index is 0.0222. The lowest BCUT2D eigenvalue weighted by molar-refractivity contribution is -0.116.